The van der Waals surface area contributed by atoms with Gasteiger partial charge in [-0.25, -0.2) is 24.6 Å². The van der Waals surface area contributed by atoms with Crippen molar-refractivity contribution >= 4 is 11.9 Å². The van der Waals surface area contributed by atoms with Crippen LogP contribution in [-0.2, 0) is 4.74 Å². The summed E-state index contributed by atoms with van der Waals surface area (Å²) in [5, 5.41) is 5.86. The second-order valence-corrected chi connectivity index (χ2v) is 7.08. The lowest BCUT2D eigenvalue weighted by molar-refractivity contribution is 0.0974. The quantitative estimate of drug-likeness (QED) is 0.428. The average Bonchev–Trinajstić information content (AvgIpc) is 3.17. The van der Waals surface area contributed by atoms with Crippen LogP contribution in [0.5, 0.6) is 0 Å². The molecule has 3 atom stereocenters. The van der Waals surface area contributed by atoms with Crippen LogP contribution in [0.1, 0.15) is 35.3 Å². The van der Waals surface area contributed by atoms with Crippen molar-refractivity contribution in [2.75, 3.05) is 13.7 Å². The number of hydrogen-bond donors (Lipinski definition) is 4. The van der Waals surface area contributed by atoms with E-state index >= 15 is 0 Å². The smallest absolute Gasteiger partial charge is 0.257 e. The Kier molecular flexibility index (Phi) is 7.45. The van der Waals surface area contributed by atoms with Crippen LogP contribution in [0.4, 0.5) is 8.78 Å². The first-order chi connectivity index (χ1) is 14.4. The molecule has 0 bridgehead atoms. The van der Waals surface area contributed by atoms with Crippen LogP contribution in [0.15, 0.2) is 53.5 Å². The van der Waals surface area contributed by atoms with Gasteiger partial charge in [0.1, 0.15) is 17.8 Å². The summed E-state index contributed by atoms with van der Waals surface area (Å²) < 4.78 is 31.4. The number of rotatable bonds is 6. The number of methoxy groups -OCH3 is 1. The lowest BCUT2D eigenvalue weighted by Gasteiger charge is -2.18. The summed E-state index contributed by atoms with van der Waals surface area (Å²) in [5.41, 5.74) is 7.45. The molecule has 1 heterocycles. The molecule has 2 aromatic carbocycles. The monoisotopic (exact) mass is 417 g/mol. The van der Waals surface area contributed by atoms with Gasteiger partial charge in [-0.15, -0.1) is 0 Å². The van der Waals surface area contributed by atoms with E-state index in [0.717, 1.165) is 5.56 Å². The molecule has 1 amide bonds. The molecule has 0 spiro atoms. The molecule has 1 saturated heterocycles. The number of amides is 1. The summed E-state index contributed by atoms with van der Waals surface area (Å²) in [4.78, 5) is 17.1. The third-order valence-electron chi connectivity index (χ3n) is 4.58. The van der Waals surface area contributed by atoms with Crippen molar-refractivity contribution in [3.05, 3.63) is 71.3 Å². The van der Waals surface area contributed by atoms with E-state index < -0.39 is 11.7 Å². The van der Waals surface area contributed by atoms with Crippen LogP contribution >= 0.6 is 0 Å². The number of carbonyl (C=O) groups is 1. The van der Waals surface area contributed by atoms with Gasteiger partial charge in [0.15, 0.2) is 5.96 Å². The molecule has 4 N–H and O–H groups in total. The van der Waals surface area contributed by atoms with Gasteiger partial charge in [0.05, 0.1) is 6.61 Å². The Balaban J connectivity index is 1.70. The van der Waals surface area contributed by atoms with Gasteiger partial charge in [0, 0.05) is 31.2 Å². The summed E-state index contributed by atoms with van der Waals surface area (Å²) in [5.74, 6) is -0.846. The Labute approximate surface area is 173 Å². The molecule has 3 rings (SSSR count). The summed E-state index contributed by atoms with van der Waals surface area (Å²) in [6.07, 6.45) is 0.271. The number of benzene rings is 2. The predicted molar refractivity (Wildman–Crippen MR) is 110 cm³/mol. The predicted octanol–water partition coefficient (Wildman–Crippen LogP) is 2.24. The number of hydrazine groups is 1. The lowest BCUT2D eigenvalue weighted by atomic mass is 10.0. The van der Waals surface area contributed by atoms with Crippen molar-refractivity contribution < 1.29 is 18.3 Å². The summed E-state index contributed by atoms with van der Waals surface area (Å²) >= 11 is 0. The lowest BCUT2D eigenvalue weighted by Crippen LogP contribution is -2.47. The zero-order valence-corrected chi connectivity index (χ0v) is 16.8. The molecule has 0 aliphatic carbocycles. The molecule has 7 nitrogen and oxygen atoms in total. The van der Waals surface area contributed by atoms with Gasteiger partial charge in [-0.05, 0) is 48.9 Å². The first-order valence-corrected chi connectivity index (χ1v) is 9.61. The van der Waals surface area contributed by atoms with E-state index in [1.807, 2.05) is 6.92 Å². The number of carbonyl (C=O) groups excluding carboxylic acids is 1. The number of aliphatic imine (C=N–C) groups is 1. The Morgan fingerprint density at radius 2 is 1.77 bits per heavy atom. The minimum Gasteiger partial charge on any atom is -0.383 e. The van der Waals surface area contributed by atoms with Gasteiger partial charge in [0.25, 0.3) is 5.91 Å². The highest BCUT2D eigenvalue weighted by Gasteiger charge is 2.25. The fourth-order valence-corrected chi connectivity index (χ4v) is 3.10. The number of guanidine groups is 1. The standard InChI is InChI=1S/C21H25F2N5O2/c1-13(12-30-2)24-21(26-20(29)15-5-9-17(23)10-6-15)25-19-11-18(27-28-19)14-3-7-16(22)8-4-14/h3-10,13,18-19,27-28H,11-12H2,1-2H3,(H2,24,25,26,29)/t13-,18?,19?/m0/s1. The average molecular weight is 417 g/mol. The SMILES string of the molecule is COC[C@H](C)NC(=NC1CC(c2ccc(F)cc2)NN1)NC(=O)c1ccc(F)cc1. The summed E-state index contributed by atoms with van der Waals surface area (Å²) in [6, 6.07) is 11.4. The molecule has 0 aromatic heterocycles. The molecule has 2 unspecified atom stereocenters. The van der Waals surface area contributed by atoms with Crippen LogP contribution in [-0.4, -0.2) is 37.8 Å². The van der Waals surface area contributed by atoms with E-state index in [4.69, 9.17) is 4.74 Å². The zero-order chi connectivity index (χ0) is 21.5. The zero-order valence-electron chi connectivity index (χ0n) is 16.8. The first kappa shape index (κ1) is 21.8. The van der Waals surface area contributed by atoms with Gasteiger partial charge >= 0.3 is 0 Å². The molecule has 9 heteroatoms. The molecule has 0 radical (unpaired) electrons. The first-order valence-electron chi connectivity index (χ1n) is 9.61. The summed E-state index contributed by atoms with van der Waals surface area (Å²) in [7, 11) is 1.59. The number of hydrogen-bond acceptors (Lipinski definition) is 5. The molecule has 0 saturated carbocycles. The number of nitrogens with zero attached hydrogens (tertiary/aromatic N) is 1. The molecule has 1 fully saturated rings. The highest BCUT2D eigenvalue weighted by Crippen LogP contribution is 2.22. The van der Waals surface area contributed by atoms with Gasteiger partial charge in [0.2, 0.25) is 0 Å². The van der Waals surface area contributed by atoms with Crippen LogP contribution in [0.3, 0.4) is 0 Å². The highest BCUT2D eigenvalue weighted by molar-refractivity contribution is 6.05. The molecule has 1 aliphatic rings. The van der Waals surface area contributed by atoms with Crippen molar-refractivity contribution in [1.82, 2.24) is 21.5 Å². The Morgan fingerprint density at radius 3 is 2.40 bits per heavy atom. The van der Waals surface area contributed by atoms with Gasteiger partial charge in [-0.2, -0.15) is 0 Å². The van der Waals surface area contributed by atoms with Crippen molar-refractivity contribution in [2.24, 2.45) is 4.99 Å². The van der Waals surface area contributed by atoms with E-state index in [1.54, 1.807) is 19.2 Å². The van der Waals surface area contributed by atoms with E-state index in [2.05, 4.69) is 26.5 Å². The molecular formula is C21H25F2N5O2. The Hall–Kier alpha value is -2.88. The van der Waals surface area contributed by atoms with Gasteiger partial charge in [-0.1, -0.05) is 12.1 Å². The van der Waals surface area contributed by atoms with Crippen LogP contribution in [0.2, 0.25) is 0 Å². The number of nitrogens with one attached hydrogen (secondary N) is 4. The maximum atomic E-state index is 13.2. The Bertz CT molecular complexity index is 874. The van der Waals surface area contributed by atoms with Crippen LogP contribution < -0.4 is 21.5 Å². The molecule has 160 valence electrons. The fraction of sp³-hybridized carbons (Fsp3) is 0.333. The largest absolute Gasteiger partial charge is 0.383 e. The molecule has 30 heavy (non-hydrogen) atoms. The summed E-state index contributed by atoms with van der Waals surface area (Å²) in [6.45, 7) is 2.31. The van der Waals surface area contributed by atoms with Gasteiger partial charge in [-0.3, -0.25) is 10.1 Å². The van der Waals surface area contributed by atoms with E-state index in [1.165, 1.54) is 36.4 Å². The number of halogens is 2. The molecule has 1 aliphatic heterocycles. The van der Waals surface area contributed by atoms with E-state index in [9.17, 15) is 13.6 Å². The second-order valence-electron chi connectivity index (χ2n) is 7.08. The fourth-order valence-electron chi connectivity index (χ4n) is 3.10. The van der Waals surface area contributed by atoms with Crippen molar-refractivity contribution in [2.45, 2.75) is 31.6 Å². The third kappa shape index (κ3) is 6.06. The van der Waals surface area contributed by atoms with E-state index in [0.29, 0.717) is 18.6 Å². The second kappa shape index (κ2) is 10.2. The topological polar surface area (TPSA) is 86.8 Å². The van der Waals surface area contributed by atoms with Crippen molar-refractivity contribution in [1.29, 1.82) is 0 Å². The molecular weight excluding hydrogens is 392 g/mol. The highest BCUT2D eigenvalue weighted by atomic mass is 19.1. The normalized spacial score (nSPS) is 20.1. The minimum absolute atomic E-state index is 0.0511. The maximum Gasteiger partial charge on any atom is 0.257 e. The van der Waals surface area contributed by atoms with Crippen LogP contribution in [0, 0.1) is 11.6 Å². The van der Waals surface area contributed by atoms with Crippen molar-refractivity contribution in [3.8, 4) is 0 Å². The van der Waals surface area contributed by atoms with Gasteiger partial charge < -0.3 is 10.1 Å². The maximum absolute atomic E-state index is 13.2. The molecule has 2 aromatic rings. The van der Waals surface area contributed by atoms with Crippen molar-refractivity contribution in [3.63, 3.8) is 0 Å². The van der Waals surface area contributed by atoms with Crippen LogP contribution in [0.25, 0.3) is 0 Å². The minimum atomic E-state index is -0.416. The number of ether oxygens (including phenoxy) is 1. The Morgan fingerprint density at radius 1 is 1.13 bits per heavy atom. The van der Waals surface area contributed by atoms with E-state index in [-0.39, 0.29) is 30.0 Å². The third-order valence-corrected chi connectivity index (χ3v) is 4.58.